The van der Waals surface area contributed by atoms with Crippen molar-refractivity contribution in [1.29, 1.82) is 0 Å². The van der Waals surface area contributed by atoms with Gasteiger partial charge in [-0.1, -0.05) is 13.8 Å². The van der Waals surface area contributed by atoms with Gasteiger partial charge in [0.2, 0.25) is 5.91 Å². The second-order valence-corrected chi connectivity index (χ2v) is 6.45. The van der Waals surface area contributed by atoms with Crippen LogP contribution in [0.5, 0.6) is 0 Å². The van der Waals surface area contributed by atoms with E-state index in [2.05, 4.69) is 5.32 Å². The van der Waals surface area contributed by atoms with Crippen LogP contribution in [0.2, 0.25) is 0 Å². The number of hydrogen-bond acceptors (Lipinski definition) is 3. The van der Waals surface area contributed by atoms with Gasteiger partial charge in [0.25, 0.3) is 5.91 Å². The van der Waals surface area contributed by atoms with Crippen LogP contribution in [0.15, 0.2) is 18.2 Å². The quantitative estimate of drug-likeness (QED) is 0.832. The lowest BCUT2D eigenvalue weighted by Gasteiger charge is -2.21. The Morgan fingerprint density at radius 2 is 1.88 bits per heavy atom. The smallest absolute Gasteiger partial charge is 0.416 e. The number of alkyl halides is 3. The molecule has 0 saturated carbocycles. The molecule has 26 heavy (non-hydrogen) atoms. The molecule has 0 bridgehead atoms. The SMILES string of the molecule is CC(C)C(NC(=O)c1cc(N2CCCC2=O)cc(C(F)(F)F)c1)C(=O)O. The van der Waals surface area contributed by atoms with Gasteiger partial charge in [-0.05, 0) is 30.5 Å². The van der Waals surface area contributed by atoms with E-state index >= 15 is 0 Å². The van der Waals surface area contributed by atoms with Gasteiger partial charge in [-0.2, -0.15) is 13.2 Å². The van der Waals surface area contributed by atoms with Crippen molar-refractivity contribution in [3.8, 4) is 0 Å². The number of carboxylic acid groups (broad SMARTS) is 1. The van der Waals surface area contributed by atoms with Crippen LogP contribution in [0.25, 0.3) is 0 Å². The number of nitrogens with zero attached hydrogens (tertiary/aromatic N) is 1. The molecule has 1 heterocycles. The van der Waals surface area contributed by atoms with E-state index < -0.39 is 35.6 Å². The van der Waals surface area contributed by atoms with Crippen molar-refractivity contribution in [3.63, 3.8) is 0 Å². The summed E-state index contributed by atoms with van der Waals surface area (Å²) in [7, 11) is 0. The Labute approximate surface area is 148 Å². The van der Waals surface area contributed by atoms with Crippen LogP contribution < -0.4 is 10.2 Å². The van der Waals surface area contributed by atoms with Gasteiger partial charge >= 0.3 is 12.1 Å². The first-order valence-corrected chi connectivity index (χ1v) is 8.07. The zero-order valence-corrected chi connectivity index (χ0v) is 14.3. The number of hydrogen-bond donors (Lipinski definition) is 2. The first-order chi connectivity index (χ1) is 12.0. The minimum atomic E-state index is -4.71. The van der Waals surface area contributed by atoms with Gasteiger partial charge in [0.1, 0.15) is 6.04 Å². The molecule has 1 saturated heterocycles. The molecule has 1 fully saturated rings. The molecule has 0 radical (unpaired) electrons. The average Bonchev–Trinajstić information content (AvgIpc) is 2.96. The van der Waals surface area contributed by atoms with E-state index in [1.807, 2.05) is 0 Å². The van der Waals surface area contributed by atoms with Gasteiger partial charge < -0.3 is 15.3 Å². The number of carbonyl (C=O) groups excluding carboxylic acids is 2. The molecule has 1 aromatic carbocycles. The van der Waals surface area contributed by atoms with Crippen molar-refractivity contribution < 1.29 is 32.7 Å². The molecular formula is C17H19F3N2O4. The number of anilines is 1. The van der Waals surface area contributed by atoms with Crippen molar-refractivity contribution in [1.82, 2.24) is 5.32 Å². The molecule has 1 aliphatic heterocycles. The minimum Gasteiger partial charge on any atom is -0.480 e. The van der Waals surface area contributed by atoms with Gasteiger partial charge in [-0.25, -0.2) is 4.79 Å². The number of nitrogens with one attached hydrogen (secondary N) is 1. The van der Waals surface area contributed by atoms with Crippen molar-refractivity contribution >= 4 is 23.5 Å². The van der Waals surface area contributed by atoms with Gasteiger partial charge in [0.15, 0.2) is 0 Å². The van der Waals surface area contributed by atoms with Crippen molar-refractivity contribution in [3.05, 3.63) is 29.3 Å². The van der Waals surface area contributed by atoms with Crippen LogP contribution in [0, 0.1) is 5.92 Å². The van der Waals surface area contributed by atoms with Gasteiger partial charge in [0, 0.05) is 24.2 Å². The summed E-state index contributed by atoms with van der Waals surface area (Å²) >= 11 is 0. The highest BCUT2D eigenvalue weighted by atomic mass is 19.4. The maximum Gasteiger partial charge on any atom is 0.416 e. The zero-order chi connectivity index (χ0) is 19.6. The highest BCUT2D eigenvalue weighted by molar-refractivity contribution is 6.00. The number of carbonyl (C=O) groups is 3. The lowest BCUT2D eigenvalue weighted by atomic mass is 10.0. The molecule has 2 amide bonds. The van der Waals surface area contributed by atoms with Crippen molar-refractivity contribution in [2.45, 2.75) is 38.9 Å². The standard InChI is InChI=1S/C17H19F3N2O4/c1-9(2)14(16(25)26)21-15(24)10-6-11(17(18,19)20)8-12(7-10)22-5-3-4-13(22)23/h6-9,14H,3-5H2,1-2H3,(H,21,24)(H,25,26). The first-order valence-electron chi connectivity index (χ1n) is 8.07. The third-order valence-electron chi connectivity index (χ3n) is 4.11. The summed E-state index contributed by atoms with van der Waals surface area (Å²) in [6.45, 7) is 3.41. The zero-order valence-electron chi connectivity index (χ0n) is 14.3. The maximum absolute atomic E-state index is 13.2. The molecule has 1 aliphatic rings. The number of amides is 2. The summed E-state index contributed by atoms with van der Waals surface area (Å²) in [6, 6.07) is 1.40. The molecule has 2 N–H and O–H groups in total. The highest BCUT2D eigenvalue weighted by Crippen LogP contribution is 2.34. The molecule has 0 aromatic heterocycles. The number of carboxylic acids is 1. The lowest BCUT2D eigenvalue weighted by molar-refractivity contribution is -0.140. The summed E-state index contributed by atoms with van der Waals surface area (Å²) in [5.41, 5.74) is -1.44. The van der Waals surface area contributed by atoms with E-state index in [1.54, 1.807) is 13.8 Å². The fraction of sp³-hybridized carbons (Fsp3) is 0.471. The number of benzene rings is 1. The van der Waals surface area contributed by atoms with E-state index in [1.165, 1.54) is 11.0 Å². The highest BCUT2D eigenvalue weighted by Gasteiger charge is 2.34. The van der Waals surface area contributed by atoms with E-state index in [0.29, 0.717) is 12.5 Å². The summed E-state index contributed by atoms with van der Waals surface area (Å²) in [5, 5.41) is 11.4. The Morgan fingerprint density at radius 1 is 1.23 bits per heavy atom. The van der Waals surface area contributed by atoms with Crippen LogP contribution in [-0.2, 0) is 15.8 Å². The van der Waals surface area contributed by atoms with E-state index in [0.717, 1.165) is 6.07 Å². The third kappa shape index (κ3) is 4.33. The van der Waals surface area contributed by atoms with E-state index in [9.17, 15) is 27.6 Å². The van der Waals surface area contributed by atoms with E-state index in [-0.39, 0.29) is 30.1 Å². The fourth-order valence-electron chi connectivity index (χ4n) is 2.72. The largest absolute Gasteiger partial charge is 0.480 e. The topological polar surface area (TPSA) is 86.7 Å². The lowest BCUT2D eigenvalue weighted by Crippen LogP contribution is -2.44. The van der Waals surface area contributed by atoms with Crippen molar-refractivity contribution in [2.75, 3.05) is 11.4 Å². The molecule has 2 rings (SSSR count). The summed E-state index contributed by atoms with van der Waals surface area (Å²) in [5.74, 6) is -3.00. The molecule has 1 unspecified atom stereocenters. The van der Waals surface area contributed by atoms with E-state index in [4.69, 9.17) is 5.11 Å². The molecule has 1 aromatic rings. The van der Waals surface area contributed by atoms with Gasteiger partial charge in [-0.15, -0.1) is 0 Å². The van der Waals surface area contributed by atoms with Gasteiger partial charge in [-0.3, -0.25) is 9.59 Å². The van der Waals surface area contributed by atoms with Crippen molar-refractivity contribution in [2.24, 2.45) is 5.92 Å². The second-order valence-electron chi connectivity index (χ2n) is 6.45. The molecular weight excluding hydrogens is 353 g/mol. The second kappa shape index (κ2) is 7.35. The Balaban J connectivity index is 2.42. The summed E-state index contributed by atoms with van der Waals surface area (Å²) in [6.07, 6.45) is -3.96. The van der Waals surface area contributed by atoms with Gasteiger partial charge in [0.05, 0.1) is 5.56 Å². The Morgan fingerprint density at radius 3 is 2.35 bits per heavy atom. The normalized spacial score (nSPS) is 16.1. The Hall–Kier alpha value is -2.58. The van der Waals surface area contributed by atoms with Crippen LogP contribution in [-0.4, -0.2) is 35.5 Å². The molecule has 1 atom stereocenters. The fourth-order valence-corrected chi connectivity index (χ4v) is 2.72. The predicted molar refractivity (Wildman–Crippen MR) is 86.8 cm³/mol. The minimum absolute atomic E-state index is 0.0242. The maximum atomic E-state index is 13.2. The molecule has 9 heteroatoms. The predicted octanol–water partition coefficient (Wildman–Crippen LogP) is 2.67. The first kappa shape index (κ1) is 19.7. The number of aliphatic carboxylic acids is 1. The average molecular weight is 372 g/mol. The van der Waals surface area contributed by atoms with Crippen LogP contribution >= 0.6 is 0 Å². The molecule has 0 spiro atoms. The number of rotatable bonds is 5. The molecule has 6 nitrogen and oxygen atoms in total. The van der Waals surface area contributed by atoms with Crippen LogP contribution in [0.4, 0.5) is 18.9 Å². The Kier molecular flexibility index (Phi) is 5.58. The van der Waals surface area contributed by atoms with Crippen LogP contribution in [0.1, 0.15) is 42.6 Å². The summed E-state index contributed by atoms with van der Waals surface area (Å²) < 4.78 is 39.6. The number of halogens is 3. The third-order valence-corrected chi connectivity index (χ3v) is 4.11. The molecule has 0 aliphatic carbocycles. The Bertz CT molecular complexity index is 731. The van der Waals surface area contributed by atoms with Crippen LogP contribution in [0.3, 0.4) is 0 Å². The monoisotopic (exact) mass is 372 g/mol. The summed E-state index contributed by atoms with van der Waals surface area (Å²) in [4.78, 5) is 36.6. The molecule has 142 valence electrons.